The molecule has 4 aliphatic rings. The molecule has 46 heavy (non-hydrogen) atoms. The average molecular weight is 658 g/mol. The number of benzene rings is 1. The van der Waals surface area contributed by atoms with Crippen LogP contribution in [-0.4, -0.2) is 59.7 Å². The lowest BCUT2D eigenvalue weighted by molar-refractivity contribution is -0.141. The number of pyridine rings is 1. The standard InChI is InChI=1S/C32H27ClF3N3O7/c1-13-9-20(40)25-18(28(13)42)12-17-15(26(25)27-21(41)10-14(45-3)11-22(27)46-4)5-6-16-24(17)31(44)39(30(16)43)38(2)29-19(33)7-8-23(37-29)32(34,35)36/h5,7-11,16-17,24,26,41H,6,12H2,1-4H3/t16-,17+,24-,26-/m0/s1. The molecule has 1 aromatic carbocycles. The van der Waals surface area contributed by atoms with Crippen LogP contribution in [0.2, 0.25) is 5.02 Å². The molecule has 0 bridgehead atoms. The molecule has 1 saturated heterocycles. The quantitative estimate of drug-likeness (QED) is 0.270. The van der Waals surface area contributed by atoms with E-state index in [0.29, 0.717) is 11.6 Å². The topological polar surface area (TPSA) is 126 Å². The SMILES string of the molecule is COc1cc(O)c([C@H]2C3=CC[C@@H]4C(=O)N(N(C)c5nc(C(F)(F)F)ccc5Cl)C(=O)[C@@H]4[C@@H]3CC3=C2C(=O)C=C(C)C3=O)c(OC)c1. The fourth-order valence-electron chi connectivity index (χ4n) is 7.07. The van der Waals surface area contributed by atoms with Crippen LogP contribution in [0.3, 0.4) is 0 Å². The Morgan fingerprint density at radius 3 is 2.43 bits per heavy atom. The van der Waals surface area contributed by atoms with Gasteiger partial charge in [-0.2, -0.15) is 18.2 Å². The number of methoxy groups -OCH3 is 2. The number of hydrogen-bond acceptors (Lipinski definition) is 9. The van der Waals surface area contributed by atoms with E-state index < -0.39 is 64.7 Å². The Bertz CT molecular complexity index is 1830. The van der Waals surface area contributed by atoms with Crippen molar-refractivity contribution < 1.29 is 46.9 Å². The summed E-state index contributed by atoms with van der Waals surface area (Å²) in [6.07, 6.45) is -1.84. The van der Waals surface area contributed by atoms with Gasteiger partial charge in [0.2, 0.25) is 0 Å². The number of rotatable bonds is 5. The molecule has 6 rings (SSSR count). The first-order chi connectivity index (χ1) is 21.7. The first-order valence-corrected chi connectivity index (χ1v) is 14.6. The van der Waals surface area contributed by atoms with Crippen LogP contribution in [0.4, 0.5) is 19.0 Å². The third-order valence-corrected chi connectivity index (χ3v) is 9.40. The molecule has 1 aromatic heterocycles. The van der Waals surface area contributed by atoms with E-state index in [1.54, 1.807) is 6.08 Å². The second kappa shape index (κ2) is 11.0. The van der Waals surface area contributed by atoms with Crippen molar-refractivity contribution in [3.63, 3.8) is 0 Å². The lowest BCUT2D eigenvalue weighted by Gasteiger charge is -2.42. The number of aromatic hydroxyl groups is 1. The van der Waals surface area contributed by atoms with E-state index in [2.05, 4.69) is 4.98 Å². The van der Waals surface area contributed by atoms with Crippen LogP contribution in [0, 0.1) is 17.8 Å². The number of phenolic OH excluding ortho intramolecular Hbond substituents is 1. The van der Waals surface area contributed by atoms with Gasteiger partial charge in [-0.25, -0.2) is 4.98 Å². The zero-order valence-corrected chi connectivity index (χ0v) is 25.7. The van der Waals surface area contributed by atoms with E-state index in [4.69, 9.17) is 21.1 Å². The Morgan fingerprint density at radius 2 is 1.78 bits per heavy atom. The Hall–Kier alpha value is -4.65. The van der Waals surface area contributed by atoms with Crippen molar-refractivity contribution >= 4 is 40.8 Å². The van der Waals surface area contributed by atoms with Crippen LogP contribution in [0.1, 0.15) is 36.9 Å². The predicted molar refractivity (Wildman–Crippen MR) is 157 cm³/mol. The van der Waals surface area contributed by atoms with Gasteiger partial charge in [0.15, 0.2) is 17.4 Å². The number of carbonyl (C=O) groups is 4. The van der Waals surface area contributed by atoms with Gasteiger partial charge >= 0.3 is 6.18 Å². The molecule has 10 nitrogen and oxygen atoms in total. The van der Waals surface area contributed by atoms with Crippen LogP contribution in [0.25, 0.3) is 0 Å². The molecule has 2 aromatic rings. The van der Waals surface area contributed by atoms with E-state index in [9.17, 15) is 37.5 Å². The number of hydrazine groups is 1. The lowest BCUT2D eigenvalue weighted by atomic mass is 9.59. The molecule has 0 unspecified atom stereocenters. The summed E-state index contributed by atoms with van der Waals surface area (Å²) in [5, 5.41) is 12.7. The molecule has 1 aliphatic heterocycles. The monoisotopic (exact) mass is 657 g/mol. The second-order valence-electron chi connectivity index (χ2n) is 11.5. The van der Waals surface area contributed by atoms with Crippen molar-refractivity contribution in [2.75, 3.05) is 26.3 Å². The number of aromatic nitrogens is 1. The van der Waals surface area contributed by atoms with Gasteiger partial charge in [0, 0.05) is 47.4 Å². The average Bonchev–Trinajstić information content (AvgIpc) is 3.27. The van der Waals surface area contributed by atoms with Gasteiger partial charge in [-0.15, -0.1) is 0 Å². The molecule has 2 amide bonds. The summed E-state index contributed by atoms with van der Waals surface area (Å²) in [5.74, 6) is -6.27. The zero-order valence-electron chi connectivity index (χ0n) is 24.9. The number of fused-ring (bicyclic) bond motifs is 3. The summed E-state index contributed by atoms with van der Waals surface area (Å²) in [4.78, 5) is 58.6. The van der Waals surface area contributed by atoms with Crippen LogP contribution < -0.4 is 14.5 Å². The number of carbonyl (C=O) groups excluding carboxylic acids is 4. The second-order valence-corrected chi connectivity index (χ2v) is 11.9. The number of halogens is 4. The van der Waals surface area contributed by atoms with Gasteiger partial charge in [0.05, 0.1) is 31.1 Å². The van der Waals surface area contributed by atoms with Crippen LogP contribution >= 0.6 is 11.6 Å². The van der Waals surface area contributed by atoms with Crippen LogP contribution in [0.5, 0.6) is 17.2 Å². The van der Waals surface area contributed by atoms with Crippen molar-refractivity contribution in [3.05, 3.63) is 75.0 Å². The molecule has 14 heteroatoms. The van der Waals surface area contributed by atoms with E-state index in [-0.39, 0.29) is 57.4 Å². The number of nitrogens with zero attached hydrogens (tertiary/aromatic N) is 3. The predicted octanol–water partition coefficient (Wildman–Crippen LogP) is 4.96. The largest absolute Gasteiger partial charge is 0.507 e. The van der Waals surface area contributed by atoms with E-state index >= 15 is 0 Å². The number of allylic oxidation sites excluding steroid dienone is 6. The lowest BCUT2D eigenvalue weighted by Crippen LogP contribution is -2.46. The summed E-state index contributed by atoms with van der Waals surface area (Å²) in [7, 11) is 3.99. The minimum atomic E-state index is -4.81. The van der Waals surface area contributed by atoms with Crippen molar-refractivity contribution in [1.29, 1.82) is 0 Å². The highest BCUT2D eigenvalue weighted by Gasteiger charge is 2.58. The molecule has 0 spiro atoms. The highest BCUT2D eigenvalue weighted by Crippen LogP contribution is 2.58. The van der Waals surface area contributed by atoms with Gasteiger partial charge in [-0.3, -0.25) is 24.2 Å². The van der Waals surface area contributed by atoms with Gasteiger partial charge < -0.3 is 14.6 Å². The van der Waals surface area contributed by atoms with Gasteiger partial charge in [0.25, 0.3) is 11.8 Å². The minimum Gasteiger partial charge on any atom is -0.507 e. The first-order valence-electron chi connectivity index (χ1n) is 14.2. The highest BCUT2D eigenvalue weighted by molar-refractivity contribution is 6.33. The number of amides is 2. The summed E-state index contributed by atoms with van der Waals surface area (Å²) >= 11 is 6.19. The van der Waals surface area contributed by atoms with Crippen molar-refractivity contribution in [2.45, 2.75) is 31.9 Å². The number of ether oxygens (including phenoxy) is 2. The number of phenols is 1. The number of alkyl halides is 3. The summed E-state index contributed by atoms with van der Waals surface area (Å²) in [5.41, 5.74) is -0.0379. The maximum absolute atomic E-state index is 14.2. The molecule has 240 valence electrons. The molecule has 0 saturated carbocycles. The molecular weight excluding hydrogens is 631 g/mol. The smallest absolute Gasteiger partial charge is 0.433 e. The third kappa shape index (κ3) is 4.67. The van der Waals surface area contributed by atoms with Crippen LogP contribution in [0.15, 0.2) is 58.7 Å². The Morgan fingerprint density at radius 1 is 1.07 bits per heavy atom. The molecule has 1 N–H and O–H groups in total. The number of imide groups is 1. The number of ketones is 2. The molecule has 4 atom stereocenters. The number of Topliss-reactive ketones (excluding diaryl/α,β-unsaturated/α-hetero) is 1. The molecule has 0 radical (unpaired) electrons. The Kier molecular flexibility index (Phi) is 7.50. The molecule has 3 aliphatic carbocycles. The summed E-state index contributed by atoms with van der Waals surface area (Å²) in [6.45, 7) is 1.51. The van der Waals surface area contributed by atoms with Gasteiger partial charge in [-0.1, -0.05) is 23.3 Å². The first kappa shape index (κ1) is 31.3. The van der Waals surface area contributed by atoms with Crippen molar-refractivity contribution in [3.8, 4) is 17.2 Å². The van der Waals surface area contributed by atoms with Crippen LogP contribution in [-0.2, 0) is 25.4 Å². The molecule has 1 fully saturated rings. The summed E-state index contributed by atoms with van der Waals surface area (Å²) < 4.78 is 51.3. The van der Waals surface area contributed by atoms with Crippen molar-refractivity contribution in [1.82, 2.24) is 9.99 Å². The number of anilines is 1. The summed E-state index contributed by atoms with van der Waals surface area (Å²) in [6, 6.07) is 4.54. The van der Waals surface area contributed by atoms with E-state index in [1.807, 2.05) is 0 Å². The highest BCUT2D eigenvalue weighted by atomic mass is 35.5. The molecular formula is C32H27ClF3N3O7. The normalized spacial score (nSPS) is 24.3. The molecule has 2 heterocycles. The van der Waals surface area contributed by atoms with E-state index in [1.165, 1.54) is 46.4 Å². The fourth-order valence-corrected chi connectivity index (χ4v) is 7.30. The third-order valence-electron chi connectivity index (χ3n) is 9.10. The maximum atomic E-state index is 14.2. The Labute approximate surface area is 265 Å². The minimum absolute atomic E-state index is 0.0461. The van der Waals surface area contributed by atoms with Gasteiger partial charge in [0.1, 0.15) is 22.9 Å². The Balaban J connectivity index is 1.47. The number of hydrogen-bond donors (Lipinski definition) is 1. The fraction of sp³-hybridized carbons (Fsp3) is 0.344. The zero-order chi connectivity index (χ0) is 33.4. The van der Waals surface area contributed by atoms with Gasteiger partial charge in [-0.05, 0) is 43.9 Å². The van der Waals surface area contributed by atoms with Crippen molar-refractivity contribution in [2.24, 2.45) is 17.8 Å². The van der Waals surface area contributed by atoms with E-state index in [0.717, 1.165) is 16.1 Å². The maximum Gasteiger partial charge on any atom is 0.433 e.